The number of carbonyl (C=O) groups is 1. The maximum absolute atomic E-state index is 13.6. The molecular weight excluding hydrogens is 359 g/mol. The summed E-state index contributed by atoms with van der Waals surface area (Å²) in [4.78, 5) is 21.1. The zero-order valence-corrected chi connectivity index (χ0v) is 15.4. The van der Waals surface area contributed by atoms with Crippen LogP contribution in [0.2, 0.25) is 0 Å². The van der Waals surface area contributed by atoms with E-state index in [9.17, 15) is 18.0 Å². The number of fused-ring (bicyclic) bond motifs is 1. The zero-order valence-electron chi connectivity index (χ0n) is 15.4. The Morgan fingerprint density at radius 2 is 1.96 bits per heavy atom. The van der Waals surface area contributed by atoms with Crippen LogP contribution in [-0.2, 0) is 28.5 Å². The second-order valence-electron chi connectivity index (χ2n) is 7.60. The van der Waals surface area contributed by atoms with Crippen molar-refractivity contribution in [2.75, 3.05) is 31.6 Å². The summed E-state index contributed by atoms with van der Waals surface area (Å²) in [7, 11) is 1.57. The van der Waals surface area contributed by atoms with Gasteiger partial charge in [0.05, 0.1) is 11.7 Å². The minimum absolute atomic E-state index is 0.0251. The van der Waals surface area contributed by atoms with Gasteiger partial charge in [0.15, 0.2) is 0 Å². The van der Waals surface area contributed by atoms with Gasteiger partial charge in [0.25, 0.3) is 0 Å². The van der Waals surface area contributed by atoms with E-state index in [1.807, 2.05) is 4.90 Å². The minimum atomic E-state index is -4.42. The number of likely N-dealkylation sites (tertiary alicyclic amines) is 1. The van der Waals surface area contributed by atoms with E-state index in [1.54, 1.807) is 12.0 Å². The Kier molecular flexibility index (Phi) is 4.78. The molecule has 2 aliphatic heterocycles. The van der Waals surface area contributed by atoms with Crippen molar-refractivity contribution >= 4 is 11.7 Å². The monoisotopic (exact) mass is 383 g/mol. The Hall–Kier alpha value is -1.83. The molecule has 2 fully saturated rings. The first-order chi connectivity index (χ1) is 12.9. The fourth-order valence-electron chi connectivity index (χ4n) is 4.53. The van der Waals surface area contributed by atoms with E-state index < -0.39 is 17.8 Å². The van der Waals surface area contributed by atoms with Crippen LogP contribution in [-0.4, -0.2) is 54.7 Å². The molecule has 3 aliphatic rings. The highest BCUT2D eigenvalue weighted by Gasteiger charge is 2.42. The lowest BCUT2D eigenvalue weighted by atomic mass is 10.1. The van der Waals surface area contributed by atoms with Crippen LogP contribution in [0, 0.1) is 0 Å². The number of methoxy groups -OCH3 is 1. The molecule has 1 aromatic rings. The van der Waals surface area contributed by atoms with Gasteiger partial charge < -0.3 is 14.5 Å². The highest BCUT2D eigenvalue weighted by atomic mass is 19.4. The standard InChI is InChI=1S/C19H24F3N3O2/c1-27-12-9-16(18(26)24-7-2-3-8-24)25(11-12)17-10-14(19(20,21)22)13-5-4-6-15(13)23-17/h10,12,16H,2-9,11H2,1H3/t12-,16-/m0/s1. The Bertz CT molecular complexity index is 732. The molecule has 0 radical (unpaired) electrons. The van der Waals surface area contributed by atoms with Gasteiger partial charge in [-0.15, -0.1) is 0 Å². The molecule has 27 heavy (non-hydrogen) atoms. The second-order valence-corrected chi connectivity index (χ2v) is 7.60. The first-order valence-corrected chi connectivity index (χ1v) is 9.56. The van der Waals surface area contributed by atoms with Crippen LogP contribution >= 0.6 is 0 Å². The predicted molar refractivity (Wildman–Crippen MR) is 93.6 cm³/mol. The van der Waals surface area contributed by atoms with Crippen molar-refractivity contribution < 1.29 is 22.7 Å². The highest BCUT2D eigenvalue weighted by Crippen LogP contribution is 2.39. The largest absolute Gasteiger partial charge is 0.416 e. The molecule has 2 saturated heterocycles. The fourth-order valence-corrected chi connectivity index (χ4v) is 4.53. The maximum Gasteiger partial charge on any atom is 0.416 e. The quantitative estimate of drug-likeness (QED) is 0.805. The number of nitrogens with zero attached hydrogens (tertiary/aromatic N) is 3. The summed E-state index contributed by atoms with van der Waals surface area (Å²) in [5, 5.41) is 0. The smallest absolute Gasteiger partial charge is 0.380 e. The lowest BCUT2D eigenvalue weighted by Gasteiger charge is -2.29. The van der Waals surface area contributed by atoms with E-state index in [0.29, 0.717) is 56.6 Å². The third-order valence-corrected chi connectivity index (χ3v) is 5.94. The molecule has 2 atom stereocenters. The van der Waals surface area contributed by atoms with E-state index in [-0.39, 0.29) is 17.8 Å². The molecule has 0 unspecified atom stereocenters. The van der Waals surface area contributed by atoms with Crippen molar-refractivity contribution in [2.45, 2.75) is 56.8 Å². The van der Waals surface area contributed by atoms with Gasteiger partial charge in [-0.1, -0.05) is 0 Å². The number of halogens is 3. The zero-order chi connectivity index (χ0) is 19.2. The number of alkyl halides is 3. The summed E-state index contributed by atoms with van der Waals surface area (Å²) in [5.74, 6) is 0.225. The molecule has 5 nitrogen and oxygen atoms in total. The molecule has 0 spiro atoms. The number of hydrogen-bond acceptors (Lipinski definition) is 4. The third-order valence-electron chi connectivity index (χ3n) is 5.94. The van der Waals surface area contributed by atoms with Crippen LogP contribution in [0.3, 0.4) is 0 Å². The summed E-state index contributed by atoms with van der Waals surface area (Å²) in [6, 6.07) is 0.619. The second kappa shape index (κ2) is 6.96. The first-order valence-electron chi connectivity index (χ1n) is 9.56. The number of carbonyl (C=O) groups excluding carboxylic acids is 1. The van der Waals surface area contributed by atoms with Gasteiger partial charge in [-0.05, 0) is 43.7 Å². The summed E-state index contributed by atoms with van der Waals surface area (Å²) >= 11 is 0. The molecule has 0 N–H and O–H groups in total. The normalized spacial score (nSPS) is 25.3. The lowest BCUT2D eigenvalue weighted by molar-refractivity contribution is -0.138. The fraction of sp³-hybridized carbons (Fsp3) is 0.684. The average Bonchev–Trinajstić information content (AvgIpc) is 3.38. The number of pyridine rings is 1. The summed E-state index contributed by atoms with van der Waals surface area (Å²) in [5.41, 5.74) is 0.234. The van der Waals surface area contributed by atoms with E-state index in [1.165, 1.54) is 0 Å². The number of anilines is 1. The molecule has 1 aromatic heterocycles. The number of aryl methyl sites for hydroxylation is 1. The number of hydrogen-bond donors (Lipinski definition) is 0. The van der Waals surface area contributed by atoms with Gasteiger partial charge in [-0.3, -0.25) is 4.79 Å². The van der Waals surface area contributed by atoms with Crippen molar-refractivity contribution in [1.82, 2.24) is 9.88 Å². The van der Waals surface area contributed by atoms with Crippen LogP contribution in [0.25, 0.3) is 0 Å². The molecule has 8 heteroatoms. The van der Waals surface area contributed by atoms with Crippen molar-refractivity contribution in [3.8, 4) is 0 Å². The number of amides is 1. The van der Waals surface area contributed by atoms with Gasteiger partial charge >= 0.3 is 6.18 Å². The molecule has 0 aromatic carbocycles. The number of aromatic nitrogens is 1. The van der Waals surface area contributed by atoms with Crippen molar-refractivity contribution in [1.29, 1.82) is 0 Å². The molecule has 3 heterocycles. The first kappa shape index (κ1) is 18.5. The van der Waals surface area contributed by atoms with Crippen LogP contribution < -0.4 is 4.90 Å². The number of rotatable bonds is 3. The topological polar surface area (TPSA) is 45.7 Å². The summed E-state index contributed by atoms with van der Waals surface area (Å²) < 4.78 is 46.3. The summed E-state index contributed by atoms with van der Waals surface area (Å²) in [6.07, 6.45) is -0.528. The van der Waals surface area contributed by atoms with Crippen molar-refractivity contribution in [3.05, 3.63) is 22.9 Å². The maximum atomic E-state index is 13.6. The molecule has 1 amide bonds. The van der Waals surface area contributed by atoms with Gasteiger partial charge in [-0.25, -0.2) is 4.98 Å². The lowest BCUT2D eigenvalue weighted by Crippen LogP contribution is -2.45. The van der Waals surface area contributed by atoms with E-state index in [2.05, 4.69) is 4.98 Å². The minimum Gasteiger partial charge on any atom is -0.380 e. The van der Waals surface area contributed by atoms with E-state index in [4.69, 9.17) is 4.74 Å². The third kappa shape index (κ3) is 3.39. The number of ether oxygens (including phenoxy) is 1. The Morgan fingerprint density at radius 1 is 1.22 bits per heavy atom. The van der Waals surface area contributed by atoms with E-state index in [0.717, 1.165) is 18.9 Å². The molecule has 1 aliphatic carbocycles. The highest BCUT2D eigenvalue weighted by molar-refractivity contribution is 5.86. The van der Waals surface area contributed by atoms with Gasteiger partial charge in [0.1, 0.15) is 11.9 Å². The van der Waals surface area contributed by atoms with Crippen molar-refractivity contribution in [3.63, 3.8) is 0 Å². The average molecular weight is 383 g/mol. The van der Waals surface area contributed by atoms with Crippen LogP contribution in [0.1, 0.15) is 42.5 Å². The Balaban J connectivity index is 1.70. The van der Waals surface area contributed by atoms with Crippen LogP contribution in [0.4, 0.5) is 19.0 Å². The molecule has 0 bridgehead atoms. The molecular formula is C19H24F3N3O2. The SMILES string of the molecule is CO[C@H]1C[C@@H](C(=O)N2CCCC2)N(c2cc(C(F)(F)F)c3c(n2)CCC3)C1. The van der Waals surface area contributed by atoms with Crippen LogP contribution in [0.15, 0.2) is 6.07 Å². The molecule has 4 rings (SSSR count). The molecule has 0 saturated carbocycles. The van der Waals surface area contributed by atoms with E-state index >= 15 is 0 Å². The van der Waals surface area contributed by atoms with Crippen LogP contribution in [0.5, 0.6) is 0 Å². The van der Waals surface area contributed by atoms with Gasteiger partial charge in [-0.2, -0.15) is 13.2 Å². The Labute approximate surface area is 156 Å². The predicted octanol–water partition coefficient (Wildman–Crippen LogP) is 2.81. The molecule has 148 valence electrons. The Morgan fingerprint density at radius 3 is 2.63 bits per heavy atom. The van der Waals surface area contributed by atoms with Gasteiger partial charge in [0, 0.05) is 38.9 Å². The van der Waals surface area contributed by atoms with Gasteiger partial charge in [0.2, 0.25) is 5.91 Å². The summed E-state index contributed by atoms with van der Waals surface area (Å²) in [6.45, 7) is 1.81. The van der Waals surface area contributed by atoms with Crippen molar-refractivity contribution in [2.24, 2.45) is 0 Å².